The van der Waals surface area contributed by atoms with Gasteiger partial charge in [0.25, 0.3) is 5.69 Å². The third-order valence-electron chi connectivity index (χ3n) is 10.3. The van der Waals surface area contributed by atoms with Crippen LogP contribution in [0, 0.1) is 10.1 Å². The van der Waals surface area contributed by atoms with E-state index in [1.807, 2.05) is 76.2 Å². The Hall–Kier alpha value is -7.60. The van der Waals surface area contributed by atoms with E-state index in [1.54, 1.807) is 53.9 Å². The topological polar surface area (TPSA) is 158 Å². The monoisotopic (exact) mass is 1060 g/mol. The molecule has 6 aromatic carbocycles. The average Bonchev–Trinajstić information content (AvgIpc) is 3.47. The summed E-state index contributed by atoms with van der Waals surface area (Å²) in [5, 5.41) is 10.2. The summed E-state index contributed by atoms with van der Waals surface area (Å²) < 4.78 is 23.7. The summed E-state index contributed by atoms with van der Waals surface area (Å²) in [5.41, 5.74) is 7.48. The molecule has 0 atom stereocenters. The second-order valence-corrected chi connectivity index (χ2v) is 17.4. The van der Waals surface area contributed by atoms with Crippen molar-refractivity contribution in [2.24, 2.45) is 0 Å². The lowest BCUT2D eigenvalue weighted by Gasteiger charge is -2.18. The van der Waals surface area contributed by atoms with Gasteiger partial charge < -0.3 is 23.7 Å². The molecule has 420 valence electrons. The molecule has 6 aromatic rings. The van der Waals surface area contributed by atoms with Gasteiger partial charge in [-0.3, -0.25) is 29.3 Å². The Labute approximate surface area is 461 Å². The first-order chi connectivity index (χ1) is 36.8. The fourth-order valence-electron chi connectivity index (χ4n) is 5.77. The molecular weight excluding hydrogens is 971 g/mol. The predicted molar refractivity (Wildman–Crippen MR) is 313 cm³/mol. The molecule has 0 aliphatic carbocycles. The van der Waals surface area contributed by atoms with E-state index in [2.05, 4.69) is 127 Å². The molecule has 0 heterocycles. The molecule has 0 aromatic heterocycles. The largest absolute Gasteiger partial charge is 0.497 e. The van der Waals surface area contributed by atoms with E-state index in [4.69, 9.17) is 14.2 Å². The van der Waals surface area contributed by atoms with Crippen molar-refractivity contribution < 1.29 is 47.8 Å². The maximum Gasteiger partial charge on any atom is 0.306 e. The molecule has 77 heavy (non-hydrogen) atoms. The van der Waals surface area contributed by atoms with Crippen molar-refractivity contribution in [1.82, 2.24) is 0 Å². The van der Waals surface area contributed by atoms with E-state index in [-0.39, 0.29) is 40.1 Å². The molecule has 0 unspecified atom stereocenters. The van der Waals surface area contributed by atoms with Crippen LogP contribution in [0.15, 0.2) is 170 Å². The number of hydrogen-bond acceptors (Lipinski definition) is 11. The number of carbonyl (C=O) groups excluding carboxylic acids is 4. The van der Waals surface area contributed by atoms with Crippen LogP contribution in [0.5, 0.6) is 5.75 Å². The molecule has 0 saturated heterocycles. The molecule has 0 N–H and O–H groups in total. The standard InChI is InChI=1S/C14H14.C10H12O2.C9H12O.C8H9NO2.C8H10.C7H14O2.C5H10O2.C4H8O2/c1-12(13-8-4-2-5-9-13)14-10-6-3-7-11-14;1-2-10(11)12-8-9-6-4-3-5-7-9;1-3-8-4-6-9(10-2)7-5-8;1-2-7-3-5-8(6-4-7)9(10)11;1-2-8-6-4-3-5-7-8;1-5-6(8)9-7(2,3)4;1-3-5(6)7-4-2;1-3-4(5)6-2/h2-12H,1H3;3-7H,2,8H2,1H3;4-7H,3H2,1-2H3;3-6H,2H2,1H3;3-7H,2H2,1H3;5H2,1-4H3;3-4H2,1-2H3;3H2,1-2H3. The van der Waals surface area contributed by atoms with Crippen LogP contribution >= 0.6 is 0 Å². The van der Waals surface area contributed by atoms with Crippen LogP contribution in [-0.4, -0.2) is 55.2 Å². The van der Waals surface area contributed by atoms with E-state index < -0.39 is 0 Å². The van der Waals surface area contributed by atoms with Crippen molar-refractivity contribution in [3.05, 3.63) is 213 Å². The van der Waals surface area contributed by atoms with E-state index in [9.17, 15) is 29.3 Å². The zero-order valence-corrected chi connectivity index (χ0v) is 48.5. The van der Waals surface area contributed by atoms with Crippen molar-refractivity contribution in [3.63, 3.8) is 0 Å². The van der Waals surface area contributed by atoms with Crippen LogP contribution < -0.4 is 4.74 Å². The first-order valence-corrected chi connectivity index (χ1v) is 26.4. The van der Waals surface area contributed by atoms with Crippen molar-refractivity contribution in [2.45, 2.75) is 146 Å². The number of esters is 4. The number of methoxy groups -OCH3 is 2. The third kappa shape index (κ3) is 39.5. The molecular formula is C65H89NO11. The van der Waals surface area contributed by atoms with Gasteiger partial charge in [0.05, 0.1) is 25.7 Å². The molecule has 0 aliphatic rings. The van der Waals surface area contributed by atoms with Crippen molar-refractivity contribution in [3.8, 4) is 5.75 Å². The molecule has 0 fully saturated rings. The maximum absolute atomic E-state index is 10.8. The summed E-state index contributed by atoms with van der Waals surface area (Å²) in [5.74, 6) is 0.841. The molecule has 0 radical (unpaired) electrons. The Morgan fingerprint density at radius 3 is 1.09 bits per heavy atom. The first kappa shape index (κ1) is 71.5. The normalized spacial score (nSPS) is 9.55. The van der Waals surface area contributed by atoms with Crippen LogP contribution in [0.2, 0.25) is 0 Å². The summed E-state index contributed by atoms with van der Waals surface area (Å²) in [4.78, 5) is 51.3. The Morgan fingerprint density at radius 2 is 0.818 bits per heavy atom. The highest BCUT2D eigenvalue weighted by molar-refractivity contribution is 5.70. The van der Waals surface area contributed by atoms with Gasteiger partial charge in [0.1, 0.15) is 18.0 Å². The van der Waals surface area contributed by atoms with Gasteiger partial charge in [0, 0.05) is 43.7 Å². The van der Waals surface area contributed by atoms with Crippen molar-refractivity contribution >= 4 is 29.6 Å². The number of hydrogen-bond donors (Lipinski definition) is 0. The number of rotatable bonds is 14. The minimum absolute atomic E-state index is 0.123. The highest BCUT2D eigenvalue weighted by Crippen LogP contribution is 2.23. The summed E-state index contributed by atoms with van der Waals surface area (Å²) in [6.45, 7) is 23.9. The Kier molecular flexibility index (Phi) is 42.5. The minimum Gasteiger partial charge on any atom is -0.497 e. The molecule has 12 heteroatoms. The molecule has 0 bridgehead atoms. The number of nitrogens with zero attached hydrogens (tertiary/aromatic N) is 1. The second kappa shape index (κ2) is 45.8. The summed E-state index contributed by atoms with van der Waals surface area (Å²) >= 11 is 0. The molecule has 6 rings (SSSR count). The lowest BCUT2D eigenvalue weighted by molar-refractivity contribution is -0.384. The summed E-state index contributed by atoms with van der Waals surface area (Å²) in [6.07, 6.45) is 4.98. The fraction of sp³-hybridized carbons (Fsp3) is 0.385. The molecule has 0 saturated carbocycles. The minimum atomic E-state index is -0.389. The second-order valence-electron chi connectivity index (χ2n) is 17.4. The number of non-ortho nitro benzene ring substituents is 1. The Bertz CT molecular complexity index is 2320. The van der Waals surface area contributed by atoms with Gasteiger partial charge in [-0.05, 0) is 92.5 Å². The first-order valence-electron chi connectivity index (χ1n) is 26.4. The number of carbonyl (C=O) groups is 4. The van der Waals surface area contributed by atoms with Gasteiger partial charge in [-0.25, -0.2) is 0 Å². The number of ether oxygens (including phenoxy) is 5. The molecule has 0 amide bonds. The molecule has 0 aliphatic heterocycles. The Morgan fingerprint density at radius 1 is 0.468 bits per heavy atom. The van der Waals surface area contributed by atoms with Gasteiger partial charge in [0.2, 0.25) is 0 Å². The van der Waals surface area contributed by atoms with Crippen LogP contribution in [0.25, 0.3) is 0 Å². The lowest BCUT2D eigenvalue weighted by Crippen LogP contribution is -2.23. The zero-order valence-electron chi connectivity index (χ0n) is 48.5. The van der Waals surface area contributed by atoms with Crippen LogP contribution in [-0.2, 0) is 64.0 Å². The maximum atomic E-state index is 10.8. The van der Waals surface area contributed by atoms with E-state index in [0.29, 0.717) is 44.8 Å². The Balaban J connectivity index is 0. The van der Waals surface area contributed by atoms with E-state index in [0.717, 1.165) is 36.1 Å². The van der Waals surface area contributed by atoms with Gasteiger partial charge in [0.15, 0.2) is 0 Å². The fourth-order valence-corrected chi connectivity index (χ4v) is 5.77. The van der Waals surface area contributed by atoms with Crippen LogP contribution in [0.4, 0.5) is 5.69 Å². The molecule has 12 nitrogen and oxygen atoms in total. The van der Waals surface area contributed by atoms with Gasteiger partial charge in [-0.2, -0.15) is 0 Å². The quantitative estimate of drug-likeness (QED) is 0.0442. The van der Waals surface area contributed by atoms with E-state index >= 15 is 0 Å². The predicted octanol–water partition coefficient (Wildman–Crippen LogP) is 15.9. The number of nitro groups is 1. The highest BCUT2D eigenvalue weighted by Gasteiger charge is 2.14. The number of nitro benzene ring substituents is 1. The third-order valence-corrected chi connectivity index (χ3v) is 10.3. The number of benzene rings is 6. The highest BCUT2D eigenvalue weighted by atomic mass is 16.6. The van der Waals surface area contributed by atoms with E-state index in [1.165, 1.54) is 41.5 Å². The van der Waals surface area contributed by atoms with Crippen LogP contribution in [0.3, 0.4) is 0 Å². The van der Waals surface area contributed by atoms with Gasteiger partial charge in [-0.1, -0.05) is 201 Å². The number of aryl methyl sites for hydroxylation is 3. The SMILES string of the molecule is CC(c1ccccc1)c1ccccc1.CCC(=O)OC.CCC(=O)OC(C)(C)C.CCC(=O)OCc1ccccc1.CCOC(=O)CC.CCc1ccc(OC)cc1.CCc1ccc([N+](=O)[O-])cc1.CCc1ccccc1. The average molecular weight is 1060 g/mol. The molecule has 0 spiro atoms. The lowest BCUT2D eigenvalue weighted by atomic mass is 9.93. The summed E-state index contributed by atoms with van der Waals surface area (Å²) in [7, 11) is 3.06. The zero-order chi connectivity index (χ0) is 58.3. The van der Waals surface area contributed by atoms with Crippen molar-refractivity contribution in [1.29, 1.82) is 0 Å². The smallest absolute Gasteiger partial charge is 0.306 e. The summed E-state index contributed by atoms with van der Waals surface area (Å²) in [6, 6.07) is 56.0. The van der Waals surface area contributed by atoms with Gasteiger partial charge >= 0.3 is 23.9 Å². The van der Waals surface area contributed by atoms with Crippen molar-refractivity contribution in [2.75, 3.05) is 20.8 Å². The van der Waals surface area contributed by atoms with Crippen LogP contribution in [0.1, 0.15) is 148 Å². The van der Waals surface area contributed by atoms with Gasteiger partial charge in [-0.15, -0.1) is 0 Å².